The first-order chi connectivity index (χ1) is 14.7. The summed E-state index contributed by atoms with van der Waals surface area (Å²) in [7, 11) is -2.57. The molecule has 166 valence electrons. The highest BCUT2D eigenvalue weighted by molar-refractivity contribution is 7.89. The van der Waals surface area contributed by atoms with Crippen molar-refractivity contribution in [1.29, 1.82) is 0 Å². The molecule has 31 heavy (non-hydrogen) atoms. The van der Waals surface area contributed by atoms with Gasteiger partial charge in [-0.3, -0.25) is 4.79 Å². The Bertz CT molecular complexity index is 1070. The van der Waals surface area contributed by atoms with Crippen LogP contribution in [-0.4, -0.2) is 64.4 Å². The van der Waals surface area contributed by atoms with E-state index in [1.807, 2.05) is 4.90 Å². The van der Waals surface area contributed by atoms with Crippen molar-refractivity contribution in [2.24, 2.45) is 0 Å². The van der Waals surface area contributed by atoms with Crippen molar-refractivity contribution in [2.45, 2.75) is 4.90 Å². The largest absolute Gasteiger partial charge is 0.452 e. The Labute approximate surface area is 184 Å². The van der Waals surface area contributed by atoms with Crippen molar-refractivity contribution in [1.82, 2.24) is 9.62 Å². The van der Waals surface area contributed by atoms with Gasteiger partial charge in [-0.25, -0.2) is 17.6 Å². The van der Waals surface area contributed by atoms with E-state index in [1.54, 1.807) is 12.1 Å². The second-order valence-corrected chi connectivity index (χ2v) is 9.08. The number of sulfonamides is 1. The molecule has 0 bridgehead atoms. The summed E-state index contributed by atoms with van der Waals surface area (Å²) < 4.78 is 45.6. The maximum absolute atomic E-state index is 13.1. The number of rotatable bonds is 6. The lowest BCUT2D eigenvalue weighted by atomic mass is 10.2. The Hall–Kier alpha value is -2.69. The van der Waals surface area contributed by atoms with Gasteiger partial charge in [-0.05, 0) is 42.5 Å². The normalized spacial score (nSPS) is 14.9. The van der Waals surface area contributed by atoms with Gasteiger partial charge < -0.3 is 15.0 Å². The molecular weight excluding hydrogens is 449 g/mol. The molecule has 1 saturated heterocycles. The van der Waals surface area contributed by atoms with Crippen LogP contribution in [-0.2, 0) is 19.6 Å². The third-order valence-electron chi connectivity index (χ3n) is 4.83. The summed E-state index contributed by atoms with van der Waals surface area (Å²) in [6, 6.07) is 9.78. The van der Waals surface area contributed by atoms with Gasteiger partial charge in [0.1, 0.15) is 10.7 Å². The van der Waals surface area contributed by atoms with Crippen molar-refractivity contribution in [3.63, 3.8) is 0 Å². The highest BCUT2D eigenvalue weighted by atomic mass is 35.5. The highest BCUT2D eigenvalue weighted by Crippen LogP contribution is 2.28. The number of nitrogens with one attached hydrogen (secondary N) is 1. The lowest BCUT2D eigenvalue weighted by Gasteiger charge is -2.35. The van der Waals surface area contributed by atoms with Crippen molar-refractivity contribution < 1.29 is 27.1 Å². The van der Waals surface area contributed by atoms with Gasteiger partial charge in [0.2, 0.25) is 10.0 Å². The van der Waals surface area contributed by atoms with Crippen LogP contribution >= 0.6 is 11.6 Å². The molecule has 1 aliphatic heterocycles. The monoisotopic (exact) mass is 469 g/mol. The molecule has 2 aromatic rings. The summed E-state index contributed by atoms with van der Waals surface area (Å²) in [5, 5.41) is 2.29. The van der Waals surface area contributed by atoms with E-state index in [2.05, 4.69) is 5.32 Å². The molecule has 1 N–H and O–H groups in total. The first-order valence-electron chi connectivity index (χ1n) is 9.40. The molecule has 0 saturated carbocycles. The van der Waals surface area contributed by atoms with Crippen LogP contribution < -0.4 is 10.2 Å². The number of likely N-dealkylation sites (N-methyl/N-ethyl adjacent to an activating group) is 1. The zero-order valence-corrected chi connectivity index (χ0v) is 18.2. The third kappa shape index (κ3) is 5.33. The number of carbonyl (C=O) groups is 2. The zero-order valence-electron chi connectivity index (χ0n) is 16.7. The van der Waals surface area contributed by atoms with Crippen LogP contribution in [0, 0.1) is 5.82 Å². The molecule has 0 radical (unpaired) electrons. The van der Waals surface area contributed by atoms with Crippen LogP contribution in [0.3, 0.4) is 0 Å². The SMILES string of the molecule is CNC(=O)COC(=O)c1ccc(Cl)c(S(=O)(=O)N2CCN(c3ccc(F)cc3)CC2)c1. The van der Waals surface area contributed by atoms with E-state index in [4.69, 9.17) is 16.3 Å². The van der Waals surface area contributed by atoms with Gasteiger partial charge in [0.15, 0.2) is 6.61 Å². The van der Waals surface area contributed by atoms with Crippen molar-refractivity contribution in [3.05, 3.63) is 58.9 Å². The minimum absolute atomic E-state index is 0.0242. The summed E-state index contributed by atoms with van der Waals surface area (Å²) in [5.41, 5.74) is 0.772. The van der Waals surface area contributed by atoms with Gasteiger partial charge in [0.05, 0.1) is 10.6 Å². The Morgan fingerprint density at radius 3 is 2.35 bits per heavy atom. The minimum Gasteiger partial charge on any atom is -0.452 e. The number of hydrogen-bond donors (Lipinski definition) is 1. The fourth-order valence-corrected chi connectivity index (χ4v) is 5.01. The molecule has 0 spiro atoms. The number of halogens is 2. The average Bonchev–Trinajstić information content (AvgIpc) is 2.78. The number of hydrogen-bond acceptors (Lipinski definition) is 6. The first-order valence-corrected chi connectivity index (χ1v) is 11.2. The number of anilines is 1. The topological polar surface area (TPSA) is 96.0 Å². The standard InChI is InChI=1S/C20H21ClFN3O5S/c1-23-19(26)13-30-20(27)14-2-7-17(21)18(12-14)31(28,29)25-10-8-24(9-11-25)16-5-3-15(22)4-6-16/h2-7,12H,8-11,13H2,1H3,(H,23,26). The fraction of sp³-hybridized carbons (Fsp3) is 0.300. The van der Waals surface area contributed by atoms with Crippen LogP contribution in [0.15, 0.2) is 47.4 Å². The molecule has 8 nitrogen and oxygen atoms in total. The van der Waals surface area contributed by atoms with Gasteiger partial charge in [-0.1, -0.05) is 11.6 Å². The molecule has 1 fully saturated rings. The first kappa shape index (κ1) is 23.0. The molecule has 3 rings (SSSR count). The number of ether oxygens (including phenoxy) is 1. The van der Waals surface area contributed by atoms with Gasteiger partial charge in [-0.2, -0.15) is 4.31 Å². The fourth-order valence-electron chi connectivity index (χ4n) is 3.09. The maximum atomic E-state index is 13.1. The lowest BCUT2D eigenvalue weighted by molar-refractivity contribution is -0.123. The number of nitrogens with zero attached hydrogens (tertiary/aromatic N) is 2. The van der Waals surface area contributed by atoms with Crippen LogP contribution in [0.2, 0.25) is 5.02 Å². The predicted octanol–water partition coefficient (Wildman–Crippen LogP) is 1.89. The molecule has 0 aromatic heterocycles. The Morgan fingerprint density at radius 2 is 1.74 bits per heavy atom. The highest BCUT2D eigenvalue weighted by Gasteiger charge is 2.31. The summed E-state index contributed by atoms with van der Waals surface area (Å²) in [6.45, 7) is 0.737. The lowest BCUT2D eigenvalue weighted by Crippen LogP contribution is -2.48. The third-order valence-corrected chi connectivity index (χ3v) is 7.21. The molecule has 1 aliphatic rings. The van der Waals surface area contributed by atoms with E-state index in [-0.39, 0.29) is 34.4 Å². The molecule has 11 heteroatoms. The smallest absolute Gasteiger partial charge is 0.338 e. The maximum Gasteiger partial charge on any atom is 0.338 e. The van der Waals surface area contributed by atoms with E-state index in [9.17, 15) is 22.4 Å². The molecule has 0 unspecified atom stereocenters. The van der Waals surface area contributed by atoms with Crippen molar-refractivity contribution in [2.75, 3.05) is 44.7 Å². The summed E-state index contributed by atoms with van der Waals surface area (Å²) >= 11 is 6.13. The van der Waals surface area contributed by atoms with E-state index >= 15 is 0 Å². The van der Waals surface area contributed by atoms with E-state index in [0.29, 0.717) is 13.1 Å². The van der Waals surface area contributed by atoms with Crippen LogP contribution in [0.4, 0.5) is 10.1 Å². The summed E-state index contributed by atoms with van der Waals surface area (Å²) in [4.78, 5) is 25.2. The Morgan fingerprint density at radius 1 is 1.10 bits per heavy atom. The van der Waals surface area contributed by atoms with Crippen LogP contribution in [0.1, 0.15) is 10.4 Å². The molecule has 1 heterocycles. The number of piperazine rings is 1. The summed E-state index contributed by atoms with van der Waals surface area (Å²) in [6.07, 6.45) is 0. The Kier molecular flexibility index (Phi) is 7.14. The predicted molar refractivity (Wildman–Crippen MR) is 113 cm³/mol. The van der Waals surface area contributed by atoms with E-state index in [1.165, 1.54) is 35.6 Å². The summed E-state index contributed by atoms with van der Waals surface area (Å²) in [5.74, 6) is -1.67. The van der Waals surface area contributed by atoms with Gasteiger partial charge >= 0.3 is 5.97 Å². The second-order valence-electron chi connectivity index (χ2n) is 6.76. The van der Waals surface area contributed by atoms with Gasteiger partial charge in [0.25, 0.3) is 5.91 Å². The molecule has 0 atom stereocenters. The van der Waals surface area contributed by atoms with Gasteiger partial charge in [0, 0.05) is 38.9 Å². The number of amides is 1. The molecule has 0 aliphatic carbocycles. The van der Waals surface area contributed by atoms with Crippen molar-refractivity contribution >= 4 is 39.2 Å². The van der Waals surface area contributed by atoms with Crippen LogP contribution in [0.25, 0.3) is 0 Å². The molecule has 1 amide bonds. The molecule has 2 aromatic carbocycles. The van der Waals surface area contributed by atoms with Crippen LogP contribution in [0.5, 0.6) is 0 Å². The number of carbonyl (C=O) groups excluding carboxylic acids is 2. The zero-order chi connectivity index (χ0) is 22.6. The number of benzene rings is 2. The Balaban J connectivity index is 1.73. The average molecular weight is 470 g/mol. The second kappa shape index (κ2) is 9.63. The van der Waals surface area contributed by atoms with E-state index < -0.39 is 28.5 Å². The minimum atomic E-state index is -3.97. The quantitative estimate of drug-likeness (QED) is 0.649. The number of esters is 1. The van der Waals surface area contributed by atoms with Crippen molar-refractivity contribution in [3.8, 4) is 0 Å². The van der Waals surface area contributed by atoms with E-state index in [0.717, 1.165) is 11.8 Å². The molecular formula is C20H21ClFN3O5S. The van der Waals surface area contributed by atoms with Gasteiger partial charge in [-0.15, -0.1) is 0 Å².